The van der Waals surface area contributed by atoms with Crippen molar-refractivity contribution in [2.45, 2.75) is 72.1 Å². The van der Waals surface area contributed by atoms with Crippen LogP contribution in [-0.2, 0) is 9.53 Å². The van der Waals surface area contributed by atoms with Crippen molar-refractivity contribution in [1.29, 1.82) is 0 Å². The first-order chi connectivity index (χ1) is 9.68. The highest BCUT2D eigenvalue weighted by molar-refractivity contribution is 5.85. The quantitative estimate of drug-likeness (QED) is 0.589. The largest absolute Gasteiger partial charge is 0.464 e. The van der Waals surface area contributed by atoms with E-state index < -0.39 is 0 Å². The molecular weight excluding hydrogens is 286 g/mol. The van der Waals surface area contributed by atoms with Gasteiger partial charge in [0.2, 0.25) is 0 Å². The van der Waals surface area contributed by atoms with Gasteiger partial charge in [0.15, 0.2) is 0 Å². The van der Waals surface area contributed by atoms with E-state index in [-0.39, 0.29) is 23.8 Å². The summed E-state index contributed by atoms with van der Waals surface area (Å²) in [5, 5.41) is 0. The average molecular weight is 320 g/mol. The van der Waals surface area contributed by atoms with Crippen LogP contribution in [0, 0.1) is 5.41 Å². The first-order valence-electron chi connectivity index (χ1n) is 8.58. The summed E-state index contributed by atoms with van der Waals surface area (Å²) < 4.78 is 5.64. The molecule has 0 N–H and O–H groups in total. The molecule has 0 aromatic heterocycles. The lowest BCUT2D eigenvalue weighted by Crippen LogP contribution is -2.37. The molecule has 0 spiro atoms. The van der Waals surface area contributed by atoms with E-state index in [1.54, 1.807) is 0 Å². The van der Waals surface area contributed by atoms with Crippen LogP contribution in [0.1, 0.15) is 72.1 Å². The van der Waals surface area contributed by atoms with E-state index in [1.165, 1.54) is 19.3 Å². The molecule has 126 valence electrons. The van der Waals surface area contributed by atoms with Crippen molar-refractivity contribution >= 4 is 18.4 Å². The van der Waals surface area contributed by atoms with Crippen molar-refractivity contribution in [2.24, 2.45) is 5.41 Å². The zero-order valence-corrected chi connectivity index (χ0v) is 15.0. The zero-order valence-electron chi connectivity index (χ0n) is 14.2. The molecular formula is C17H34ClNO2. The van der Waals surface area contributed by atoms with Gasteiger partial charge in [-0.05, 0) is 32.4 Å². The highest BCUT2D eigenvalue weighted by Crippen LogP contribution is 2.41. The van der Waals surface area contributed by atoms with Crippen LogP contribution in [-0.4, -0.2) is 37.1 Å². The Morgan fingerprint density at radius 3 is 2.24 bits per heavy atom. The summed E-state index contributed by atoms with van der Waals surface area (Å²) in [5.74, 6) is 0.0813. The van der Waals surface area contributed by atoms with Crippen LogP contribution in [0.2, 0.25) is 0 Å². The maximum atomic E-state index is 12.5. The van der Waals surface area contributed by atoms with E-state index >= 15 is 0 Å². The summed E-state index contributed by atoms with van der Waals surface area (Å²) in [6.45, 7) is 9.95. The van der Waals surface area contributed by atoms with E-state index in [9.17, 15) is 4.79 Å². The van der Waals surface area contributed by atoms with Gasteiger partial charge in [-0.3, -0.25) is 4.79 Å². The van der Waals surface area contributed by atoms with Gasteiger partial charge >= 0.3 is 5.97 Å². The molecule has 0 saturated heterocycles. The molecule has 1 fully saturated rings. The Morgan fingerprint density at radius 2 is 1.71 bits per heavy atom. The van der Waals surface area contributed by atoms with Crippen molar-refractivity contribution in [3.05, 3.63) is 0 Å². The number of rotatable bonds is 9. The molecule has 0 heterocycles. The third-order valence-corrected chi connectivity index (χ3v) is 4.79. The smallest absolute Gasteiger partial charge is 0.312 e. The molecule has 0 atom stereocenters. The number of likely N-dealkylation sites (N-methyl/N-ethyl adjacent to an activating group) is 1. The molecule has 0 bridgehead atoms. The fourth-order valence-corrected chi connectivity index (χ4v) is 3.26. The number of ether oxygens (including phenoxy) is 1. The lowest BCUT2D eigenvalue weighted by Gasteiger charge is -2.35. The van der Waals surface area contributed by atoms with E-state index in [0.717, 1.165) is 51.7 Å². The molecule has 3 nitrogen and oxygen atoms in total. The van der Waals surface area contributed by atoms with Crippen LogP contribution in [0.25, 0.3) is 0 Å². The monoisotopic (exact) mass is 319 g/mol. The van der Waals surface area contributed by atoms with E-state index in [4.69, 9.17) is 4.74 Å². The summed E-state index contributed by atoms with van der Waals surface area (Å²) in [4.78, 5) is 14.8. The van der Waals surface area contributed by atoms with Crippen molar-refractivity contribution in [3.63, 3.8) is 0 Å². The second-order valence-electron chi connectivity index (χ2n) is 6.11. The third-order valence-electron chi connectivity index (χ3n) is 4.79. The van der Waals surface area contributed by atoms with Gasteiger partial charge < -0.3 is 9.64 Å². The number of hydrogen-bond donors (Lipinski definition) is 0. The van der Waals surface area contributed by atoms with Gasteiger partial charge in [-0.25, -0.2) is 0 Å². The summed E-state index contributed by atoms with van der Waals surface area (Å²) in [6, 6.07) is 0. The van der Waals surface area contributed by atoms with Crippen LogP contribution in [0.15, 0.2) is 0 Å². The number of esters is 1. The van der Waals surface area contributed by atoms with Gasteiger partial charge in [-0.1, -0.05) is 52.9 Å². The highest BCUT2D eigenvalue weighted by atomic mass is 35.5. The Labute approximate surface area is 137 Å². The minimum Gasteiger partial charge on any atom is -0.464 e. The Balaban J connectivity index is 0.00000400. The zero-order chi connectivity index (χ0) is 14.8. The Kier molecular flexibility index (Phi) is 11.2. The normalized spacial score (nSPS) is 17.3. The number of nitrogens with zero attached hydrogens (tertiary/aromatic N) is 1. The molecule has 0 aliphatic heterocycles. The van der Waals surface area contributed by atoms with Gasteiger partial charge in [0.25, 0.3) is 0 Å². The van der Waals surface area contributed by atoms with Gasteiger partial charge in [0.05, 0.1) is 5.41 Å². The van der Waals surface area contributed by atoms with Gasteiger partial charge in [-0.15, -0.1) is 12.4 Å². The topological polar surface area (TPSA) is 29.5 Å². The Hall–Kier alpha value is -0.280. The maximum absolute atomic E-state index is 12.5. The average Bonchev–Trinajstić information content (AvgIpc) is 2.50. The van der Waals surface area contributed by atoms with Crippen LogP contribution in [0.5, 0.6) is 0 Å². The fraction of sp³-hybridized carbons (Fsp3) is 0.941. The summed E-state index contributed by atoms with van der Waals surface area (Å²) in [6.07, 6.45) is 9.06. The summed E-state index contributed by atoms with van der Waals surface area (Å²) >= 11 is 0. The van der Waals surface area contributed by atoms with Crippen molar-refractivity contribution in [1.82, 2.24) is 4.90 Å². The second kappa shape index (κ2) is 11.3. The molecule has 4 heteroatoms. The first-order valence-corrected chi connectivity index (χ1v) is 8.58. The van der Waals surface area contributed by atoms with Crippen LogP contribution >= 0.6 is 12.4 Å². The Bertz CT molecular complexity index is 274. The van der Waals surface area contributed by atoms with E-state index in [0.29, 0.717) is 6.61 Å². The van der Waals surface area contributed by atoms with Crippen LogP contribution < -0.4 is 0 Å². The molecule has 1 aliphatic carbocycles. The maximum Gasteiger partial charge on any atom is 0.312 e. The molecule has 0 aromatic rings. The Morgan fingerprint density at radius 1 is 1.10 bits per heavy atom. The van der Waals surface area contributed by atoms with Crippen LogP contribution in [0.3, 0.4) is 0 Å². The lowest BCUT2D eigenvalue weighted by molar-refractivity contribution is -0.159. The van der Waals surface area contributed by atoms with E-state index in [2.05, 4.69) is 25.7 Å². The SMILES string of the molecule is CCCCC1(C(=O)OCCN(CC)CC)CCCCC1.Cl. The van der Waals surface area contributed by atoms with Crippen molar-refractivity contribution in [2.75, 3.05) is 26.2 Å². The predicted molar refractivity (Wildman–Crippen MR) is 91.0 cm³/mol. The van der Waals surface area contributed by atoms with Crippen LogP contribution in [0.4, 0.5) is 0 Å². The number of carbonyl (C=O) groups is 1. The predicted octanol–water partition coefficient (Wildman–Crippen LogP) is 4.43. The van der Waals surface area contributed by atoms with Gasteiger partial charge in [0, 0.05) is 6.54 Å². The molecule has 0 radical (unpaired) electrons. The van der Waals surface area contributed by atoms with Crippen molar-refractivity contribution < 1.29 is 9.53 Å². The molecule has 0 unspecified atom stereocenters. The molecule has 0 amide bonds. The lowest BCUT2D eigenvalue weighted by atomic mass is 9.71. The third kappa shape index (κ3) is 6.56. The molecule has 1 aliphatic rings. The summed E-state index contributed by atoms with van der Waals surface area (Å²) in [5.41, 5.74) is -0.155. The second-order valence-corrected chi connectivity index (χ2v) is 6.11. The fourth-order valence-electron chi connectivity index (χ4n) is 3.26. The number of hydrogen-bond acceptors (Lipinski definition) is 3. The minimum atomic E-state index is -0.155. The van der Waals surface area contributed by atoms with Gasteiger partial charge in [0.1, 0.15) is 6.61 Å². The number of unbranched alkanes of at least 4 members (excludes halogenated alkanes) is 1. The molecule has 0 aromatic carbocycles. The molecule has 21 heavy (non-hydrogen) atoms. The number of halogens is 1. The number of carbonyl (C=O) groups excluding carboxylic acids is 1. The molecule has 1 rings (SSSR count). The minimum absolute atomic E-state index is 0. The van der Waals surface area contributed by atoms with E-state index in [1.807, 2.05) is 0 Å². The summed E-state index contributed by atoms with van der Waals surface area (Å²) in [7, 11) is 0. The van der Waals surface area contributed by atoms with Crippen molar-refractivity contribution in [3.8, 4) is 0 Å². The highest BCUT2D eigenvalue weighted by Gasteiger charge is 2.40. The first kappa shape index (κ1) is 20.7. The van der Waals surface area contributed by atoms with Gasteiger partial charge in [-0.2, -0.15) is 0 Å². The standard InChI is InChI=1S/C17H33NO2.ClH/c1-4-7-11-17(12-9-8-10-13-17)16(19)20-15-14-18(5-2)6-3;/h4-15H2,1-3H3;1H. The molecule has 1 saturated carbocycles.